The molecule has 1 aromatic rings. The Hall–Kier alpha value is -1.88. The van der Waals surface area contributed by atoms with E-state index in [0.717, 1.165) is 21.7 Å². The number of rotatable bonds is 6. The minimum absolute atomic E-state index is 0.0495. The van der Waals surface area contributed by atoms with E-state index in [0.29, 0.717) is 5.92 Å². The molecule has 5 heteroatoms. The molecule has 24 heavy (non-hydrogen) atoms. The molecule has 134 valence electrons. The average Bonchev–Trinajstić information content (AvgIpc) is 2.37. The summed E-state index contributed by atoms with van der Waals surface area (Å²) < 4.78 is 0. The number of nitrogens with one attached hydrogen (secondary N) is 3. The first kappa shape index (κ1) is 20.2. The highest BCUT2D eigenvalue weighted by atomic mass is 16.2. The molecule has 1 aromatic carbocycles. The summed E-state index contributed by atoms with van der Waals surface area (Å²) in [6.07, 6.45) is 0. The molecule has 0 spiro atoms. The molecule has 1 rings (SSSR count). The number of carbonyl (C=O) groups excluding carboxylic acids is 2. The van der Waals surface area contributed by atoms with Crippen LogP contribution in [0.25, 0.3) is 0 Å². The fourth-order valence-electron chi connectivity index (χ4n) is 2.60. The van der Waals surface area contributed by atoms with Gasteiger partial charge in [0.1, 0.15) is 0 Å². The molecule has 0 bridgehead atoms. The van der Waals surface area contributed by atoms with Gasteiger partial charge in [-0.15, -0.1) is 0 Å². The van der Waals surface area contributed by atoms with Crippen LogP contribution < -0.4 is 15.5 Å². The van der Waals surface area contributed by atoms with Gasteiger partial charge in [-0.2, -0.15) is 0 Å². The molecule has 2 amide bonds. The molecule has 1 atom stereocenters. The van der Waals surface area contributed by atoms with E-state index < -0.39 is 0 Å². The second-order valence-electron chi connectivity index (χ2n) is 7.85. The molecule has 0 heterocycles. The van der Waals surface area contributed by atoms with E-state index in [9.17, 15) is 9.59 Å². The van der Waals surface area contributed by atoms with Gasteiger partial charge in [0.2, 0.25) is 0 Å². The zero-order valence-electron chi connectivity index (χ0n) is 16.0. The number of carbonyl (C=O) groups is 2. The number of hydrogen-bond donors (Lipinski definition) is 3. The summed E-state index contributed by atoms with van der Waals surface area (Å²) in [4.78, 5) is 25.2. The van der Waals surface area contributed by atoms with Crippen LogP contribution in [0.1, 0.15) is 51.7 Å². The molecule has 3 N–H and O–H groups in total. The maximum Gasteiger partial charge on any atom is 0.279 e. The van der Waals surface area contributed by atoms with Crippen molar-refractivity contribution >= 4 is 17.5 Å². The molecule has 0 radical (unpaired) electrons. The highest BCUT2D eigenvalue weighted by molar-refractivity contribution is 5.93. The second kappa shape index (κ2) is 8.29. The SMILES string of the molecule is Cc1cccc(C(C)C)c1NC(=O)C[NH+](C)CC(=O)NC(C)(C)C. The van der Waals surface area contributed by atoms with Gasteiger partial charge in [-0.05, 0) is 44.7 Å². The molecule has 0 fully saturated rings. The Morgan fingerprint density at radius 1 is 1.12 bits per heavy atom. The van der Waals surface area contributed by atoms with Gasteiger partial charge in [-0.25, -0.2) is 0 Å². The molecular weight excluding hydrogens is 302 g/mol. The van der Waals surface area contributed by atoms with Gasteiger partial charge in [0.15, 0.2) is 13.1 Å². The lowest BCUT2D eigenvalue weighted by atomic mass is 9.98. The van der Waals surface area contributed by atoms with E-state index >= 15 is 0 Å². The van der Waals surface area contributed by atoms with E-state index in [1.54, 1.807) is 0 Å². The van der Waals surface area contributed by atoms with Crippen molar-refractivity contribution in [3.63, 3.8) is 0 Å². The summed E-state index contributed by atoms with van der Waals surface area (Å²) in [7, 11) is 1.85. The number of amides is 2. The number of para-hydroxylation sites is 1. The van der Waals surface area contributed by atoms with Crippen LogP contribution in [0.15, 0.2) is 18.2 Å². The molecule has 0 saturated carbocycles. The van der Waals surface area contributed by atoms with E-state index in [1.165, 1.54) is 0 Å². The quantitative estimate of drug-likeness (QED) is 0.738. The van der Waals surface area contributed by atoms with Crippen molar-refractivity contribution in [2.75, 3.05) is 25.5 Å². The minimum atomic E-state index is -0.257. The van der Waals surface area contributed by atoms with Gasteiger partial charge >= 0.3 is 0 Å². The van der Waals surface area contributed by atoms with Crippen LogP contribution in [-0.4, -0.2) is 37.5 Å². The van der Waals surface area contributed by atoms with Crippen LogP contribution in [0, 0.1) is 6.92 Å². The van der Waals surface area contributed by atoms with E-state index in [-0.39, 0.29) is 30.4 Å². The van der Waals surface area contributed by atoms with Gasteiger partial charge in [0.25, 0.3) is 11.8 Å². The van der Waals surface area contributed by atoms with Crippen molar-refractivity contribution in [1.82, 2.24) is 5.32 Å². The zero-order valence-corrected chi connectivity index (χ0v) is 16.0. The Kier molecular flexibility index (Phi) is 6.96. The lowest BCUT2D eigenvalue weighted by Crippen LogP contribution is -3.11. The Morgan fingerprint density at radius 2 is 1.71 bits per heavy atom. The van der Waals surface area contributed by atoms with Crippen LogP contribution >= 0.6 is 0 Å². The highest BCUT2D eigenvalue weighted by Gasteiger charge is 2.19. The Labute approximate surface area is 145 Å². The molecular formula is C19H32N3O2+. The topological polar surface area (TPSA) is 62.6 Å². The summed E-state index contributed by atoms with van der Waals surface area (Å²) in [5, 5.41) is 5.94. The summed E-state index contributed by atoms with van der Waals surface area (Å²) >= 11 is 0. The first-order valence-corrected chi connectivity index (χ1v) is 8.51. The third kappa shape index (κ3) is 6.71. The van der Waals surface area contributed by atoms with Gasteiger partial charge in [-0.1, -0.05) is 32.0 Å². The summed E-state index contributed by atoms with van der Waals surface area (Å²) in [5.74, 6) is 0.210. The molecule has 0 saturated heterocycles. The van der Waals surface area contributed by atoms with Crippen LogP contribution in [0.3, 0.4) is 0 Å². The molecule has 0 aliphatic heterocycles. The Bertz CT molecular complexity index is 589. The summed E-state index contributed by atoms with van der Waals surface area (Å²) in [6, 6.07) is 6.05. The number of quaternary nitrogens is 1. The predicted octanol–water partition coefficient (Wildman–Crippen LogP) is 1.49. The van der Waals surface area contributed by atoms with E-state index in [1.807, 2.05) is 52.9 Å². The largest absolute Gasteiger partial charge is 0.347 e. The van der Waals surface area contributed by atoms with Crippen LogP contribution in [0.5, 0.6) is 0 Å². The van der Waals surface area contributed by atoms with Crippen molar-refractivity contribution in [1.29, 1.82) is 0 Å². The molecule has 5 nitrogen and oxygen atoms in total. The van der Waals surface area contributed by atoms with Gasteiger partial charge in [-0.3, -0.25) is 9.59 Å². The van der Waals surface area contributed by atoms with Crippen LogP contribution in [0.4, 0.5) is 5.69 Å². The monoisotopic (exact) mass is 334 g/mol. The van der Waals surface area contributed by atoms with Crippen LogP contribution in [0.2, 0.25) is 0 Å². The fourth-order valence-corrected chi connectivity index (χ4v) is 2.60. The standard InChI is InChI=1S/C19H31N3O2/c1-13(2)15-10-8-9-14(3)18(15)20-16(23)11-22(7)12-17(24)21-19(4,5)6/h8-10,13H,11-12H2,1-7H3,(H,20,23)(H,21,24)/p+1. The maximum atomic E-state index is 12.4. The lowest BCUT2D eigenvalue weighted by molar-refractivity contribution is -0.862. The number of likely N-dealkylation sites (N-methyl/N-ethyl adjacent to an activating group) is 1. The number of hydrogen-bond acceptors (Lipinski definition) is 2. The third-order valence-corrected chi connectivity index (χ3v) is 3.63. The normalized spacial score (nSPS) is 12.8. The molecule has 0 aromatic heterocycles. The Balaban J connectivity index is 2.66. The van der Waals surface area contributed by atoms with E-state index in [4.69, 9.17) is 0 Å². The smallest absolute Gasteiger partial charge is 0.279 e. The van der Waals surface area contributed by atoms with Gasteiger partial charge in [0.05, 0.1) is 7.05 Å². The van der Waals surface area contributed by atoms with Crippen molar-refractivity contribution in [3.8, 4) is 0 Å². The molecule has 0 aliphatic carbocycles. The summed E-state index contributed by atoms with van der Waals surface area (Å²) in [6.45, 7) is 12.6. The van der Waals surface area contributed by atoms with Gasteiger partial charge < -0.3 is 15.5 Å². The van der Waals surface area contributed by atoms with Crippen LogP contribution in [-0.2, 0) is 9.59 Å². The predicted molar refractivity (Wildman–Crippen MR) is 98.4 cm³/mol. The second-order valence-corrected chi connectivity index (χ2v) is 7.85. The first-order chi connectivity index (χ1) is 11.0. The first-order valence-electron chi connectivity index (χ1n) is 8.51. The van der Waals surface area contributed by atoms with Crippen molar-refractivity contribution in [2.24, 2.45) is 0 Å². The van der Waals surface area contributed by atoms with Crippen molar-refractivity contribution < 1.29 is 14.5 Å². The fraction of sp³-hybridized carbons (Fsp3) is 0.579. The number of anilines is 1. The zero-order chi connectivity index (χ0) is 18.5. The molecule has 1 unspecified atom stereocenters. The lowest BCUT2D eigenvalue weighted by Gasteiger charge is -2.22. The average molecular weight is 334 g/mol. The van der Waals surface area contributed by atoms with Crippen molar-refractivity contribution in [2.45, 2.75) is 53.0 Å². The molecule has 0 aliphatic rings. The van der Waals surface area contributed by atoms with Crippen molar-refractivity contribution in [3.05, 3.63) is 29.3 Å². The summed E-state index contributed by atoms with van der Waals surface area (Å²) in [5.41, 5.74) is 2.82. The van der Waals surface area contributed by atoms with Gasteiger partial charge in [0, 0.05) is 11.2 Å². The maximum absolute atomic E-state index is 12.4. The van der Waals surface area contributed by atoms with E-state index in [2.05, 4.69) is 24.5 Å². The highest BCUT2D eigenvalue weighted by Crippen LogP contribution is 2.27. The minimum Gasteiger partial charge on any atom is -0.347 e. The number of benzene rings is 1. The Morgan fingerprint density at radius 3 is 2.25 bits per heavy atom. The number of aryl methyl sites for hydroxylation is 1. The third-order valence-electron chi connectivity index (χ3n) is 3.63.